The van der Waals surface area contributed by atoms with E-state index in [0.717, 1.165) is 42.4 Å². The van der Waals surface area contributed by atoms with E-state index in [1.54, 1.807) is 0 Å². The number of benzene rings is 4. The fourth-order valence-electron chi connectivity index (χ4n) is 8.50. The molecule has 43 heavy (non-hydrogen) atoms. The molecule has 3 nitrogen and oxygen atoms in total. The first kappa shape index (κ1) is 29.4. The molecule has 0 aromatic heterocycles. The first-order valence-electron chi connectivity index (χ1n) is 16.1. The van der Waals surface area contributed by atoms with Crippen LogP contribution in [0.4, 0.5) is 0 Å². The van der Waals surface area contributed by atoms with Gasteiger partial charge < -0.3 is 15.3 Å². The minimum atomic E-state index is -0.114. The first-order valence-corrected chi connectivity index (χ1v) is 16.1. The van der Waals surface area contributed by atoms with Gasteiger partial charge in [0.1, 0.15) is 17.2 Å². The second-order valence-corrected chi connectivity index (χ2v) is 13.7. The van der Waals surface area contributed by atoms with Crippen LogP contribution in [0.3, 0.4) is 0 Å². The van der Waals surface area contributed by atoms with Crippen LogP contribution in [0.1, 0.15) is 95.9 Å². The number of hydrogen-bond acceptors (Lipinski definition) is 3. The molecule has 2 saturated carbocycles. The summed E-state index contributed by atoms with van der Waals surface area (Å²) in [5.74, 6) is 2.46. The van der Waals surface area contributed by atoms with Crippen molar-refractivity contribution in [1.29, 1.82) is 0 Å². The molecule has 0 atom stereocenters. The molecule has 0 aliphatic heterocycles. The van der Waals surface area contributed by atoms with Crippen LogP contribution in [-0.2, 0) is 10.8 Å². The summed E-state index contributed by atoms with van der Waals surface area (Å²) in [5.41, 5.74) is 9.23. The van der Waals surface area contributed by atoms with Gasteiger partial charge in [-0.2, -0.15) is 0 Å². The van der Waals surface area contributed by atoms with Crippen LogP contribution >= 0.6 is 0 Å². The van der Waals surface area contributed by atoms with Crippen molar-refractivity contribution in [2.45, 2.75) is 89.9 Å². The highest BCUT2D eigenvalue weighted by Gasteiger charge is 2.44. The molecule has 3 heteroatoms. The second kappa shape index (κ2) is 11.4. The fraction of sp³-hybridized carbons (Fsp3) is 0.400. The summed E-state index contributed by atoms with van der Waals surface area (Å²) in [6.45, 7) is 8.16. The van der Waals surface area contributed by atoms with E-state index in [-0.39, 0.29) is 10.8 Å². The third kappa shape index (κ3) is 5.32. The molecule has 0 heterocycles. The van der Waals surface area contributed by atoms with Gasteiger partial charge in [0.05, 0.1) is 0 Å². The van der Waals surface area contributed by atoms with Crippen LogP contribution in [0.5, 0.6) is 17.2 Å². The average molecular weight is 575 g/mol. The number of rotatable bonds is 5. The normalized spacial score (nSPS) is 22.4. The van der Waals surface area contributed by atoms with Crippen LogP contribution < -0.4 is 0 Å². The Morgan fingerprint density at radius 3 is 1.14 bits per heavy atom. The molecule has 2 aliphatic carbocycles. The van der Waals surface area contributed by atoms with Crippen molar-refractivity contribution in [1.82, 2.24) is 0 Å². The molecule has 224 valence electrons. The number of phenolic OH excluding ortho intramolecular Hbond substituents is 3. The molecule has 0 radical (unpaired) electrons. The fourth-order valence-corrected chi connectivity index (χ4v) is 8.50. The van der Waals surface area contributed by atoms with Gasteiger partial charge in [-0.1, -0.05) is 66.2 Å². The summed E-state index contributed by atoms with van der Waals surface area (Å²) in [5, 5.41) is 30.9. The van der Waals surface area contributed by atoms with E-state index in [1.807, 2.05) is 39.0 Å². The molecule has 0 unspecified atom stereocenters. The van der Waals surface area contributed by atoms with E-state index in [2.05, 4.69) is 67.6 Å². The standard InChI is InChI=1S/C40H46O3/c1-26-6-5-7-32(22-26)39(33-8-11-36(41)27(2)23-33)18-14-30(15-19-39)31-16-20-40(21-17-31,34-9-12-37(42)28(3)24-34)35-10-13-38(43)29(4)25-35/h5-13,22-25,30-31,41-43H,14-21H2,1-4H3. The van der Waals surface area contributed by atoms with Crippen LogP contribution in [0.25, 0.3) is 0 Å². The molecule has 4 aromatic rings. The Balaban J connectivity index is 1.26. The summed E-state index contributed by atoms with van der Waals surface area (Å²) in [6.07, 6.45) is 9.18. The quantitative estimate of drug-likeness (QED) is 0.222. The van der Waals surface area contributed by atoms with Gasteiger partial charge in [-0.05, 0) is 148 Å². The lowest BCUT2D eigenvalue weighted by molar-refractivity contribution is 0.140. The number of aromatic hydroxyl groups is 3. The van der Waals surface area contributed by atoms with Crippen LogP contribution in [0.15, 0.2) is 78.9 Å². The lowest BCUT2D eigenvalue weighted by atomic mass is 9.57. The Bertz CT molecular complexity index is 1560. The highest BCUT2D eigenvalue weighted by atomic mass is 16.3. The SMILES string of the molecule is Cc1cccc(C2(c3ccc(O)c(C)c3)CCC(C3CCC(c4ccc(O)c(C)c4)(c4ccc(O)c(C)c4)CC3)CC2)c1. The third-order valence-corrected chi connectivity index (χ3v) is 11.3. The molecule has 4 aromatic carbocycles. The molecule has 6 rings (SSSR count). The lowest BCUT2D eigenvalue weighted by Gasteiger charge is -2.47. The molecule has 2 aliphatic rings. The second-order valence-electron chi connectivity index (χ2n) is 13.7. The van der Waals surface area contributed by atoms with Crippen molar-refractivity contribution in [3.8, 4) is 17.2 Å². The minimum Gasteiger partial charge on any atom is -0.508 e. The highest BCUT2D eigenvalue weighted by Crippen LogP contribution is 2.54. The monoisotopic (exact) mass is 574 g/mol. The summed E-state index contributed by atoms with van der Waals surface area (Å²) < 4.78 is 0. The Morgan fingerprint density at radius 2 is 0.814 bits per heavy atom. The van der Waals surface area contributed by atoms with Crippen LogP contribution in [0, 0.1) is 39.5 Å². The van der Waals surface area contributed by atoms with E-state index in [0.29, 0.717) is 29.1 Å². The van der Waals surface area contributed by atoms with Crippen LogP contribution in [-0.4, -0.2) is 15.3 Å². The number of phenols is 3. The number of hydrogen-bond donors (Lipinski definition) is 3. The smallest absolute Gasteiger partial charge is 0.118 e. The summed E-state index contributed by atoms with van der Waals surface area (Å²) in [6, 6.07) is 27.6. The van der Waals surface area contributed by atoms with Gasteiger partial charge in [0.15, 0.2) is 0 Å². The predicted octanol–water partition coefficient (Wildman–Crippen LogP) is 9.69. The van der Waals surface area contributed by atoms with Gasteiger partial charge in [-0.15, -0.1) is 0 Å². The van der Waals surface area contributed by atoms with E-state index in [4.69, 9.17) is 0 Å². The summed E-state index contributed by atoms with van der Waals surface area (Å²) >= 11 is 0. The molecule has 2 fully saturated rings. The largest absolute Gasteiger partial charge is 0.508 e. The van der Waals surface area contributed by atoms with Gasteiger partial charge in [-0.3, -0.25) is 0 Å². The predicted molar refractivity (Wildman–Crippen MR) is 175 cm³/mol. The van der Waals surface area contributed by atoms with Crippen molar-refractivity contribution in [2.24, 2.45) is 11.8 Å². The van der Waals surface area contributed by atoms with Gasteiger partial charge >= 0.3 is 0 Å². The molecular formula is C40H46O3. The van der Waals surface area contributed by atoms with Crippen molar-refractivity contribution in [2.75, 3.05) is 0 Å². The molecule has 0 saturated heterocycles. The van der Waals surface area contributed by atoms with E-state index in [9.17, 15) is 15.3 Å². The molecule has 0 bridgehead atoms. The van der Waals surface area contributed by atoms with Gasteiger partial charge in [0.25, 0.3) is 0 Å². The zero-order valence-corrected chi connectivity index (χ0v) is 26.2. The topological polar surface area (TPSA) is 60.7 Å². The maximum Gasteiger partial charge on any atom is 0.118 e. The van der Waals surface area contributed by atoms with E-state index in [1.165, 1.54) is 53.5 Å². The third-order valence-electron chi connectivity index (χ3n) is 11.3. The van der Waals surface area contributed by atoms with Crippen molar-refractivity contribution >= 4 is 0 Å². The van der Waals surface area contributed by atoms with Gasteiger partial charge in [0, 0.05) is 10.8 Å². The molecule has 0 spiro atoms. The Hall–Kier alpha value is -3.72. The lowest BCUT2D eigenvalue weighted by Crippen LogP contribution is -2.38. The zero-order chi connectivity index (χ0) is 30.4. The van der Waals surface area contributed by atoms with Crippen molar-refractivity contribution in [3.63, 3.8) is 0 Å². The number of aryl methyl sites for hydroxylation is 4. The summed E-state index contributed by atoms with van der Waals surface area (Å²) in [7, 11) is 0. The van der Waals surface area contributed by atoms with Crippen LogP contribution in [0.2, 0.25) is 0 Å². The average Bonchev–Trinajstić information content (AvgIpc) is 3.01. The Kier molecular flexibility index (Phi) is 7.79. The first-order chi connectivity index (χ1) is 20.6. The maximum atomic E-state index is 10.3. The van der Waals surface area contributed by atoms with E-state index < -0.39 is 0 Å². The summed E-state index contributed by atoms with van der Waals surface area (Å²) in [4.78, 5) is 0. The maximum absolute atomic E-state index is 10.3. The van der Waals surface area contributed by atoms with Gasteiger partial charge in [-0.25, -0.2) is 0 Å². The van der Waals surface area contributed by atoms with Crippen molar-refractivity contribution < 1.29 is 15.3 Å². The Morgan fingerprint density at radius 1 is 0.465 bits per heavy atom. The minimum absolute atomic E-state index is 0.0213. The van der Waals surface area contributed by atoms with Gasteiger partial charge in [0.2, 0.25) is 0 Å². The van der Waals surface area contributed by atoms with E-state index >= 15 is 0 Å². The molecule has 3 N–H and O–H groups in total. The Labute approximate surface area is 257 Å². The highest BCUT2D eigenvalue weighted by molar-refractivity contribution is 5.49. The zero-order valence-electron chi connectivity index (χ0n) is 26.2. The molecule has 0 amide bonds. The molecular weight excluding hydrogens is 528 g/mol. The van der Waals surface area contributed by atoms with Crippen molar-refractivity contribution in [3.05, 3.63) is 123 Å².